The highest BCUT2D eigenvalue weighted by Crippen LogP contribution is 2.25. The number of hydrazine groups is 1. The van der Waals surface area contributed by atoms with E-state index < -0.39 is 0 Å². The maximum Gasteiger partial charge on any atom is 0.123 e. The number of hydrogen-bond acceptors (Lipinski definition) is 5. The van der Waals surface area contributed by atoms with E-state index in [-0.39, 0.29) is 11.9 Å². The molecule has 0 spiro atoms. The van der Waals surface area contributed by atoms with Crippen molar-refractivity contribution >= 4 is 11.5 Å². The van der Waals surface area contributed by atoms with Crippen LogP contribution in [0.3, 0.4) is 0 Å². The lowest BCUT2D eigenvalue weighted by molar-refractivity contribution is 0.550. The number of nitrogens with two attached hydrogens (primary N) is 1. The number of nitrogens with one attached hydrogen (secondary N) is 1. The molecule has 6 heteroatoms. The van der Waals surface area contributed by atoms with Gasteiger partial charge in [0.15, 0.2) is 0 Å². The lowest BCUT2D eigenvalue weighted by atomic mass is 9.99. The minimum absolute atomic E-state index is 0.0875. The first-order valence-corrected chi connectivity index (χ1v) is 6.95. The first-order chi connectivity index (χ1) is 9.15. The zero-order chi connectivity index (χ0) is 13.8. The smallest absolute Gasteiger partial charge is 0.123 e. The number of rotatable bonds is 5. The van der Waals surface area contributed by atoms with Crippen LogP contribution in [0.2, 0.25) is 0 Å². The molecule has 102 valence electrons. The van der Waals surface area contributed by atoms with E-state index in [2.05, 4.69) is 15.0 Å². The summed E-state index contributed by atoms with van der Waals surface area (Å²) in [4.78, 5) is 1.02. The van der Waals surface area contributed by atoms with Gasteiger partial charge in [-0.1, -0.05) is 17.5 Å². The Hall–Kier alpha value is -1.37. The first-order valence-electron chi connectivity index (χ1n) is 6.18. The highest BCUT2D eigenvalue weighted by molar-refractivity contribution is 7.05. The van der Waals surface area contributed by atoms with Crippen LogP contribution in [0.5, 0.6) is 0 Å². The molecule has 0 fully saturated rings. The Labute approximate surface area is 116 Å². The zero-order valence-electron chi connectivity index (χ0n) is 11.0. The maximum atomic E-state index is 13.3. The van der Waals surface area contributed by atoms with E-state index >= 15 is 0 Å². The van der Waals surface area contributed by atoms with E-state index in [0.717, 1.165) is 28.1 Å². The van der Waals surface area contributed by atoms with Crippen LogP contribution in [0.15, 0.2) is 18.2 Å². The molecule has 1 aromatic heterocycles. The summed E-state index contributed by atoms with van der Waals surface area (Å²) < 4.78 is 17.3. The normalized spacial score (nSPS) is 12.6. The third-order valence-corrected chi connectivity index (χ3v) is 4.05. The second-order valence-electron chi connectivity index (χ2n) is 4.43. The van der Waals surface area contributed by atoms with Gasteiger partial charge in [0.25, 0.3) is 0 Å². The number of halogens is 1. The Balaban J connectivity index is 2.26. The van der Waals surface area contributed by atoms with Crippen LogP contribution < -0.4 is 11.3 Å². The highest BCUT2D eigenvalue weighted by atomic mass is 32.1. The molecule has 0 bridgehead atoms. The molecular weight excluding hydrogens is 263 g/mol. The molecule has 0 aliphatic heterocycles. The summed E-state index contributed by atoms with van der Waals surface area (Å²) >= 11 is 1.34. The van der Waals surface area contributed by atoms with E-state index in [0.29, 0.717) is 6.42 Å². The summed E-state index contributed by atoms with van der Waals surface area (Å²) in [7, 11) is 0. The van der Waals surface area contributed by atoms with Crippen molar-refractivity contribution in [2.45, 2.75) is 32.7 Å². The lowest BCUT2D eigenvalue weighted by Crippen LogP contribution is -2.29. The molecule has 0 aliphatic carbocycles. The van der Waals surface area contributed by atoms with Gasteiger partial charge in [-0.2, -0.15) is 0 Å². The van der Waals surface area contributed by atoms with Gasteiger partial charge in [-0.25, -0.2) is 4.39 Å². The SMILES string of the molecule is CCc1nnsc1C(Cc1cc(F)ccc1C)NN. The molecule has 2 aromatic rings. The molecule has 0 saturated carbocycles. The Morgan fingerprint density at radius 1 is 1.47 bits per heavy atom. The Morgan fingerprint density at radius 3 is 2.95 bits per heavy atom. The van der Waals surface area contributed by atoms with Gasteiger partial charge in [0.05, 0.1) is 16.6 Å². The summed E-state index contributed by atoms with van der Waals surface area (Å²) in [6.45, 7) is 4.00. The average molecular weight is 280 g/mol. The Morgan fingerprint density at radius 2 is 2.26 bits per heavy atom. The summed E-state index contributed by atoms with van der Waals surface area (Å²) in [5, 5.41) is 4.08. The van der Waals surface area contributed by atoms with Gasteiger partial charge in [0, 0.05) is 0 Å². The molecule has 0 aliphatic rings. The predicted octanol–water partition coefficient (Wildman–Crippen LogP) is 2.30. The van der Waals surface area contributed by atoms with Gasteiger partial charge in [-0.15, -0.1) is 5.10 Å². The van der Waals surface area contributed by atoms with Crippen LogP contribution in [0.1, 0.15) is 34.7 Å². The summed E-state index contributed by atoms with van der Waals surface area (Å²) in [6, 6.07) is 4.72. The van der Waals surface area contributed by atoms with Gasteiger partial charge >= 0.3 is 0 Å². The fourth-order valence-electron chi connectivity index (χ4n) is 2.03. The Kier molecular flexibility index (Phi) is 4.57. The number of benzene rings is 1. The van der Waals surface area contributed by atoms with Gasteiger partial charge in [0.2, 0.25) is 0 Å². The van der Waals surface area contributed by atoms with Crippen LogP contribution >= 0.6 is 11.5 Å². The van der Waals surface area contributed by atoms with Gasteiger partial charge in [-0.3, -0.25) is 11.3 Å². The molecule has 0 saturated heterocycles. The van der Waals surface area contributed by atoms with Gasteiger partial charge in [0.1, 0.15) is 5.82 Å². The highest BCUT2D eigenvalue weighted by Gasteiger charge is 2.18. The van der Waals surface area contributed by atoms with E-state index in [1.54, 1.807) is 12.1 Å². The zero-order valence-corrected chi connectivity index (χ0v) is 11.8. The van der Waals surface area contributed by atoms with Crippen molar-refractivity contribution in [1.82, 2.24) is 15.0 Å². The lowest BCUT2D eigenvalue weighted by Gasteiger charge is -2.16. The van der Waals surface area contributed by atoms with Crippen LogP contribution in [0.4, 0.5) is 4.39 Å². The van der Waals surface area contributed by atoms with Crippen molar-refractivity contribution in [3.8, 4) is 0 Å². The molecule has 1 atom stereocenters. The van der Waals surface area contributed by atoms with Crippen molar-refractivity contribution in [1.29, 1.82) is 0 Å². The number of nitrogens with zero attached hydrogens (tertiary/aromatic N) is 2. The van der Waals surface area contributed by atoms with Crippen LogP contribution in [-0.4, -0.2) is 9.59 Å². The summed E-state index contributed by atoms with van der Waals surface area (Å²) in [5.74, 6) is 5.40. The van der Waals surface area contributed by atoms with Crippen molar-refractivity contribution in [2.24, 2.45) is 5.84 Å². The summed E-state index contributed by atoms with van der Waals surface area (Å²) in [5.41, 5.74) is 5.72. The van der Waals surface area contributed by atoms with Gasteiger partial charge < -0.3 is 0 Å². The predicted molar refractivity (Wildman–Crippen MR) is 74.2 cm³/mol. The standard InChI is InChI=1S/C13H17FN4S/c1-3-11-13(19-18-17-11)12(16-15)7-9-6-10(14)5-4-8(9)2/h4-6,12,16H,3,7,15H2,1-2H3. The number of aromatic nitrogens is 2. The van der Waals surface area contributed by atoms with Crippen molar-refractivity contribution in [3.63, 3.8) is 0 Å². The van der Waals surface area contributed by atoms with Crippen LogP contribution in [0.25, 0.3) is 0 Å². The monoisotopic (exact) mass is 280 g/mol. The molecule has 0 radical (unpaired) electrons. The summed E-state index contributed by atoms with van der Waals surface area (Å²) in [6.07, 6.45) is 1.43. The second kappa shape index (κ2) is 6.18. The minimum atomic E-state index is -0.227. The fourth-order valence-corrected chi connectivity index (χ4v) is 2.83. The second-order valence-corrected chi connectivity index (χ2v) is 5.22. The molecule has 1 aromatic carbocycles. The molecule has 19 heavy (non-hydrogen) atoms. The largest absolute Gasteiger partial charge is 0.271 e. The van der Waals surface area contributed by atoms with Crippen molar-refractivity contribution in [3.05, 3.63) is 45.7 Å². The van der Waals surface area contributed by atoms with E-state index in [1.165, 1.54) is 17.6 Å². The average Bonchev–Trinajstić information content (AvgIpc) is 2.88. The quantitative estimate of drug-likeness (QED) is 0.651. The first kappa shape index (κ1) is 14.0. The van der Waals surface area contributed by atoms with Crippen molar-refractivity contribution in [2.75, 3.05) is 0 Å². The number of aryl methyl sites for hydroxylation is 2. The van der Waals surface area contributed by atoms with E-state index in [1.807, 2.05) is 13.8 Å². The van der Waals surface area contributed by atoms with Crippen LogP contribution in [0, 0.1) is 12.7 Å². The molecule has 1 unspecified atom stereocenters. The molecular formula is C13H17FN4S. The van der Waals surface area contributed by atoms with Gasteiger partial charge in [-0.05, 0) is 54.6 Å². The maximum absolute atomic E-state index is 13.3. The number of hydrogen-bond donors (Lipinski definition) is 2. The molecule has 2 rings (SSSR count). The Bertz CT molecular complexity index is 555. The minimum Gasteiger partial charge on any atom is -0.271 e. The molecule has 1 heterocycles. The molecule has 3 N–H and O–H groups in total. The molecule has 0 amide bonds. The van der Waals surface area contributed by atoms with Crippen LogP contribution in [-0.2, 0) is 12.8 Å². The van der Waals surface area contributed by atoms with E-state index in [9.17, 15) is 4.39 Å². The topological polar surface area (TPSA) is 63.8 Å². The fraction of sp³-hybridized carbons (Fsp3) is 0.385. The van der Waals surface area contributed by atoms with E-state index in [4.69, 9.17) is 5.84 Å². The molecule has 4 nitrogen and oxygen atoms in total. The third-order valence-electron chi connectivity index (χ3n) is 3.17. The van der Waals surface area contributed by atoms with Crippen molar-refractivity contribution < 1.29 is 4.39 Å². The third kappa shape index (κ3) is 3.15.